The number of anilines is 1. The van der Waals surface area contributed by atoms with Crippen LogP contribution in [0.15, 0.2) is 73.2 Å². The monoisotopic (exact) mass is 404 g/mol. The van der Waals surface area contributed by atoms with Crippen LogP contribution in [0.3, 0.4) is 0 Å². The molecule has 0 fully saturated rings. The Hall–Kier alpha value is -4.59. The first-order valence-electron chi connectivity index (χ1n) is 9.73. The molecule has 148 valence electrons. The Morgan fingerprint density at radius 3 is 2.61 bits per heavy atom. The van der Waals surface area contributed by atoms with Gasteiger partial charge < -0.3 is 10.7 Å². The van der Waals surface area contributed by atoms with Gasteiger partial charge in [-0.3, -0.25) is 15.1 Å². The molecule has 0 radical (unpaired) electrons. The van der Waals surface area contributed by atoms with E-state index >= 15 is 0 Å². The number of pyridine rings is 1. The number of hydrogen-bond donors (Lipinski definition) is 3. The lowest BCUT2D eigenvalue weighted by atomic mass is 10.0. The molecule has 0 amide bonds. The topological polar surface area (TPSA) is 122 Å². The van der Waals surface area contributed by atoms with Crippen molar-refractivity contribution in [1.29, 1.82) is 0 Å². The summed E-state index contributed by atoms with van der Waals surface area (Å²) in [5.41, 5.74) is 14.1. The Morgan fingerprint density at radius 1 is 0.806 bits per heavy atom. The summed E-state index contributed by atoms with van der Waals surface area (Å²) < 4.78 is 0. The van der Waals surface area contributed by atoms with E-state index in [9.17, 15) is 0 Å². The number of nitrogens with zero attached hydrogens (tertiary/aromatic N) is 5. The van der Waals surface area contributed by atoms with Gasteiger partial charge in [0.1, 0.15) is 11.2 Å². The van der Waals surface area contributed by atoms with Gasteiger partial charge >= 0.3 is 0 Å². The predicted octanol–water partition coefficient (Wildman–Crippen LogP) is 4.21. The quantitative estimate of drug-likeness (QED) is 0.380. The second-order valence-electron chi connectivity index (χ2n) is 7.17. The molecular weight excluding hydrogens is 388 g/mol. The van der Waals surface area contributed by atoms with Crippen LogP contribution in [0.1, 0.15) is 0 Å². The molecule has 8 nitrogen and oxygen atoms in total. The largest absolute Gasteiger partial charge is 0.399 e. The smallest absolute Gasteiger partial charge is 0.161 e. The van der Waals surface area contributed by atoms with Crippen LogP contribution in [0, 0.1) is 0 Å². The van der Waals surface area contributed by atoms with E-state index in [1.807, 2.05) is 54.6 Å². The fourth-order valence-corrected chi connectivity index (χ4v) is 3.72. The van der Waals surface area contributed by atoms with Crippen molar-refractivity contribution in [2.75, 3.05) is 5.73 Å². The SMILES string of the molecule is Nc1cccc(-c2cccc3[nH]c(-c4n[nH]c5ccc(-c6cnccn6)nc45)nc23)c1. The zero-order chi connectivity index (χ0) is 20.8. The lowest BCUT2D eigenvalue weighted by molar-refractivity contribution is 1.10. The molecule has 0 bridgehead atoms. The third-order valence-corrected chi connectivity index (χ3v) is 5.17. The van der Waals surface area contributed by atoms with Crippen molar-refractivity contribution in [1.82, 2.24) is 35.1 Å². The van der Waals surface area contributed by atoms with E-state index < -0.39 is 0 Å². The molecule has 0 aliphatic carbocycles. The van der Waals surface area contributed by atoms with Crippen molar-refractivity contribution in [2.24, 2.45) is 0 Å². The van der Waals surface area contributed by atoms with Crippen molar-refractivity contribution in [3.63, 3.8) is 0 Å². The van der Waals surface area contributed by atoms with Crippen LogP contribution in [0.4, 0.5) is 5.69 Å². The van der Waals surface area contributed by atoms with Gasteiger partial charge in [-0.25, -0.2) is 9.97 Å². The summed E-state index contributed by atoms with van der Waals surface area (Å²) >= 11 is 0. The molecule has 0 atom stereocenters. The average molecular weight is 404 g/mol. The van der Waals surface area contributed by atoms with E-state index in [1.54, 1.807) is 18.6 Å². The van der Waals surface area contributed by atoms with E-state index in [1.165, 1.54) is 0 Å². The number of imidazole rings is 1. The van der Waals surface area contributed by atoms with Gasteiger partial charge in [-0.15, -0.1) is 0 Å². The maximum atomic E-state index is 5.99. The maximum absolute atomic E-state index is 5.99. The number of benzene rings is 2. The highest BCUT2D eigenvalue weighted by atomic mass is 15.1. The van der Waals surface area contributed by atoms with Crippen LogP contribution >= 0.6 is 0 Å². The summed E-state index contributed by atoms with van der Waals surface area (Å²) in [6.45, 7) is 0. The van der Waals surface area contributed by atoms with Crippen LogP contribution in [0.2, 0.25) is 0 Å². The highest BCUT2D eigenvalue weighted by Crippen LogP contribution is 2.32. The lowest BCUT2D eigenvalue weighted by Crippen LogP contribution is -1.89. The van der Waals surface area contributed by atoms with Gasteiger partial charge in [-0.1, -0.05) is 24.3 Å². The summed E-state index contributed by atoms with van der Waals surface area (Å²) in [6.07, 6.45) is 4.97. The number of nitrogens with two attached hydrogens (primary N) is 1. The van der Waals surface area contributed by atoms with Crippen molar-refractivity contribution < 1.29 is 0 Å². The molecule has 4 heterocycles. The second-order valence-corrected chi connectivity index (χ2v) is 7.17. The van der Waals surface area contributed by atoms with Crippen LogP contribution in [-0.4, -0.2) is 35.1 Å². The molecule has 0 saturated carbocycles. The van der Waals surface area contributed by atoms with Gasteiger partial charge in [0, 0.05) is 23.6 Å². The van der Waals surface area contributed by atoms with Crippen LogP contribution in [-0.2, 0) is 0 Å². The predicted molar refractivity (Wildman–Crippen MR) is 120 cm³/mol. The third-order valence-electron chi connectivity index (χ3n) is 5.17. The van der Waals surface area contributed by atoms with E-state index in [4.69, 9.17) is 15.7 Å². The molecule has 8 heteroatoms. The summed E-state index contributed by atoms with van der Waals surface area (Å²) in [4.78, 5) is 21.5. The number of para-hydroxylation sites is 1. The number of hydrogen-bond acceptors (Lipinski definition) is 6. The standard InChI is InChI=1S/C23H16N8/c24-14-4-1-3-13(11-14)15-5-2-6-17-20(15)29-23(28-17)22-21-18(30-31-22)8-7-16(27-21)19-12-25-9-10-26-19/h1-12H,24H2,(H,28,29)(H,30,31). The number of H-pyrrole nitrogens is 2. The number of fused-ring (bicyclic) bond motifs is 2. The molecule has 0 spiro atoms. The zero-order valence-corrected chi connectivity index (χ0v) is 16.2. The number of nitrogens with one attached hydrogen (secondary N) is 2. The van der Waals surface area contributed by atoms with E-state index in [2.05, 4.69) is 25.1 Å². The molecule has 4 N–H and O–H groups in total. The lowest BCUT2D eigenvalue weighted by Gasteiger charge is -2.03. The number of nitrogen functional groups attached to an aromatic ring is 1. The molecule has 0 saturated heterocycles. The highest BCUT2D eigenvalue weighted by Gasteiger charge is 2.17. The number of aromatic nitrogens is 7. The number of aromatic amines is 2. The van der Waals surface area contributed by atoms with E-state index in [-0.39, 0.29) is 0 Å². The van der Waals surface area contributed by atoms with Gasteiger partial charge in [0.25, 0.3) is 0 Å². The molecule has 31 heavy (non-hydrogen) atoms. The molecular formula is C23H16N8. The zero-order valence-electron chi connectivity index (χ0n) is 16.2. The minimum Gasteiger partial charge on any atom is -0.399 e. The Kier molecular flexibility index (Phi) is 3.76. The molecule has 0 unspecified atom stereocenters. The third kappa shape index (κ3) is 2.89. The van der Waals surface area contributed by atoms with Gasteiger partial charge in [-0.2, -0.15) is 5.10 Å². The number of rotatable bonds is 3. The van der Waals surface area contributed by atoms with E-state index in [0.29, 0.717) is 28.4 Å². The normalized spacial score (nSPS) is 11.4. The molecule has 2 aromatic carbocycles. The van der Waals surface area contributed by atoms with Crippen LogP contribution < -0.4 is 5.73 Å². The van der Waals surface area contributed by atoms with Gasteiger partial charge in [0.2, 0.25) is 0 Å². The van der Waals surface area contributed by atoms with E-state index in [0.717, 1.165) is 33.4 Å². The summed E-state index contributed by atoms with van der Waals surface area (Å²) in [6, 6.07) is 17.6. The fourth-order valence-electron chi connectivity index (χ4n) is 3.72. The maximum Gasteiger partial charge on any atom is 0.161 e. The van der Waals surface area contributed by atoms with Crippen molar-refractivity contribution in [2.45, 2.75) is 0 Å². The minimum absolute atomic E-state index is 0.640. The Bertz CT molecular complexity index is 1550. The van der Waals surface area contributed by atoms with Crippen molar-refractivity contribution in [3.8, 4) is 34.0 Å². The molecule has 0 aliphatic rings. The second kappa shape index (κ2) is 6.74. The highest BCUT2D eigenvalue weighted by molar-refractivity contribution is 5.96. The molecule has 4 aromatic heterocycles. The Labute approximate surface area is 176 Å². The van der Waals surface area contributed by atoms with Gasteiger partial charge in [-0.05, 0) is 35.9 Å². The Morgan fingerprint density at radius 2 is 1.74 bits per heavy atom. The minimum atomic E-state index is 0.640. The fraction of sp³-hybridized carbons (Fsp3) is 0. The van der Waals surface area contributed by atoms with Crippen molar-refractivity contribution in [3.05, 3.63) is 73.2 Å². The molecule has 0 aliphatic heterocycles. The van der Waals surface area contributed by atoms with Crippen LogP contribution in [0.5, 0.6) is 0 Å². The summed E-state index contributed by atoms with van der Waals surface area (Å²) in [7, 11) is 0. The molecule has 6 aromatic rings. The van der Waals surface area contributed by atoms with Crippen molar-refractivity contribution >= 4 is 27.8 Å². The average Bonchev–Trinajstić information content (AvgIpc) is 3.43. The van der Waals surface area contributed by atoms with Gasteiger partial charge in [0.05, 0.1) is 28.4 Å². The summed E-state index contributed by atoms with van der Waals surface area (Å²) in [5, 5.41) is 7.51. The van der Waals surface area contributed by atoms with Gasteiger partial charge in [0.15, 0.2) is 11.5 Å². The Balaban J connectivity index is 1.52. The van der Waals surface area contributed by atoms with Crippen LogP contribution in [0.25, 0.3) is 56.1 Å². The summed E-state index contributed by atoms with van der Waals surface area (Å²) in [5.74, 6) is 0.640. The first-order valence-corrected chi connectivity index (χ1v) is 9.73. The first kappa shape index (κ1) is 17.3. The molecule has 6 rings (SSSR count). The first-order chi connectivity index (χ1) is 15.3.